The Balaban J connectivity index is 1.27. The van der Waals surface area contributed by atoms with Crippen LogP contribution < -0.4 is 0 Å². The van der Waals surface area contributed by atoms with E-state index >= 15 is 0 Å². The number of carbonyl (C=O) groups excluding carboxylic acids is 1. The predicted octanol–water partition coefficient (Wildman–Crippen LogP) is 5.95. The molecule has 4 heteroatoms. The van der Waals surface area contributed by atoms with Gasteiger partial charge in [-0.1, -0.05) is 31.2 Å². The smallest absolute Gasteiger partial charge is 0.249 e. The van der Waals surface area contributed by atoms with Crippen LogP contribution in [0.15, 0.2) is 24.3 Å². The van der Waals surface area contributed by atoms with Crippen LogP contribution in [0.25, 0.3) is 0 Å². The molecule has 4 aliphatic rings. The largest absolute Gasteiger partial charge is 0.390 e. The van der Waals surface area contributed by atoms with Gasteiger partial charge < -0.3 is 5.11 Å². The number of hydrogen-bond donors (Lipinski definition) is 1. The van der Waals surface area contributed by atoms with Crippen molar-refractivity contribution in [2.75, 3.05) is 13.7 Å². The van der Waals surface area contributed by atoms with Crippen molar-refractivity contribution in [2.45, 2.75) is 90.6 Å². The summed E-state index contributed by atoms with van der Waals surface area (Å²) in [5.74, 6) is 4.03. The van der Waals surface area contributed by atoms with E-state index in [-0.39, 0.29) is 17.2 Å². The Morgan fingerprint density at radius 3 is 2.56 bits per heavy atom. The van der Waals surface area contributed by atoms with Crippen LogP contribution in [0.4, 0.5) is 0 Å². The first-order chi connectivity index (χ1) is 16.2. The Hall–Kier alpha value is -1.39. The molecule has 188 valence electrons. The Morgan fingerprint density at radius 2 is 1.79 bits per heavy atom. The van der Waals surface area contributed by atoms with Gasteiger partial charge in [-0.15, -0.1) is 0 Å². The van der Waals surface area contributed by atoms with Gasteiger partial charge >= 0.3 is 0 Å². The molecule has 4 fully saturated rings. The molecule has 4 aliphatic carbocycles. The topological polar surface area (TPSA) is 49.8 Å². The standard InChI is InChI=1S/C30H45NO3/c1-20-7-5-6-8-21(20)15-18-31(34-4)28(32)27-12-11-26-25-10-9-22-19-29(2,33)16-13-23(22)24(25)14-17-30(26,27)3/h5-8,22-27,33H,9-19H2,1-4H3/t22-,23+,24-,25-,26+,27-,29-,30+/m1/s1. The van der Waals surface area contributed by atoms with Gasteiger partial charge in [0.15, 0.2) is 0 Å². The van der Waals surface area contributed by atoms with E-state index in [1.807, 2.05) is 6.92 Å². The van der Waals surface area contributed by atoms with Gasteiger partial charge in [0, 0.05) is 5.92 Å². The number of amides is 1. The summed E-state index contributed by atoms with van der Waals surface area (Å²) in [7, 11) is 1.65. The third-order valence-electron chi connectivity index (χ3n) is 10.8. The van der Waals surface area contributed by atoms with E-state index in [2.05, 4.69) is 38.1 Å². The molecular formula is C30H45NO3. The molecule has 0 bridgehead atoms. The number of fused-ring (bicyclic) bond motifs is 5. The zero-order chi connectivity index (χ0) is 24.1. The van der Waals surface area contributed by atoms with Gasteiger partial charge in [-0.05, 0) is 124 Å². The SMILES string of the molecule is CON(CCc1ccccc1C)C(=O)[C@H]1CC[C@H]2[C@@H]3CC[C@@H]4C[C@](C)(O)CC[C@@H]4[C@H]3CC[C@]12C. The van der Waals surface area contributed by atoms with Gasteiger partial charge in [-0.3, -0.25) is 9.63 Å². The average molecular weight is 468 g/mol. The molecule has 0 unspecified atom stereocenters. The Labute approximate surface area is 206 Å². The van der Waals surface area contributed by atoms with Crippen LogP contribution in [0.3, 0.4) is 0 Å². The maximum atomic E-state index is 13.8. The van der Waals surface area contributed by atoms with E-state index < -0.39 is 5.60 Å². The minimum absolute atomic E-state index is 0.0834. The van der Waals surface area contributed by atoms with Crippen molar-refractivity contribution in [3.8, 4) is 0 Å². The number of aryl methyl sites for hydroxylation is 1. The number of aliphatic hydroxyl groups is 1. The molecule has 1 aromatic rings. The molecular weight excluding hydrogens is 422 g/mol. The third-order valence-corrected chi connectivity index (χ3v) is 10.8. The van der Waals surface area contributed by atoms with Crippen LogP contribution >= 0.6 is 0 Å². The normalized spacial score (nSPS) is 41.3. The summed E-state index contributed by atoms with van der Waals surface area (Å²) in [4.78, 5) is 19.4. The molecule has 0 radical (unpaired) electrons. The molecule has 4 saturated carbocycles. The summed E-state index contributed by atoms with van der Waals surface area (Å²) in [6.45, 7) is 7.22. The first-order valence-electron chi connectivity index (χ1n) is 13.9. The summed E-state index contributed by atoms with van der Waals surface area (Å²) >= 11 is 0. The summed E-state index contributed by atoms with van der Waals surface area (Å²) in [6.07, 6.45) is 11.2. The van der Waals surface area contributed by atoms with Gasteiger partial charge in [-0.25, -0.2) is 5.06 Å². The fraction of sp³-hybridized carbons (Fsp3) is 0.767. The lowest BCUT2D eigenvalue weighted by atomic mass is 9.49. The number of hydroxylamine groups is 2. The summed E-state index contributed by atoms with van der Waals surface area (Å²) < 4.78 is 0. The van der Waals surface area contributed by atoms with Crippen LogP contribution in [0, 0.1) is 47.8 Å². The van der Waals surface area contributed by atoms with E-state index in [0.29, 0.717) is 18.4 Å². The van der Waals surface area contributed by atoms with Crippen LogP contribution in [-0.2, 0) is 16.1 Å². The highest BCUT2D eigenvalue weighted by molar-refractivity contribution is 5.79. The molecule has 4 nitrogen and oxygen atoms in total. The molecule has 0 heterocycles. The molecule has 1 N–H and O–H groups in total. The maximum absolute atomic E-state index is 13.8. The fourth-order valence-corrected chi connectivity index (χ4v) is 9.07. The van der Waals surface area contributed by atoms with Gasteiger partial charge in [0.2, 0.25) is 5.91 Å². The monoisotopic (exact) mass is 467 g/mol. The van der Waals surface area contributed by atoms with Crippen LogP contribution in [0.5, 0.6) is 0 Å². The maximum Gasteiger partial charge on any atom is 0.249 e. The van der Waals surface area contributed by atoms with E-state index in [1.165, 1.54) is 49.7 Å². The van der Waals surface area contributed by atoms with Crippen molar-refractivity contribution < 1.29 is 14.7 Å². The highest BCUT2D eigenvalue weighted by atomic mass is 16.7. The van der Waals surface area contributed by atoms with Crippen molar-refractivity contribution in [1.82, 2.24) is 5.06 Å². The van der Waals surface area contributed by atoms with Crippen molar-refractivity contribution in [2.24, 2.45) is 40.9 Å². The summed E-state index contributed by atoms with van der Waals surface area (Å²) in [5, 5.41) is 12.3. The molecule has 0 saturated heterocycles. The zero-order valence-corrected chi connectivity index (χ0v) is 21.8. The molecule has 0 spiro atoms. The van der Waals surface area contributed by atoms with Gasteiger partial charge in [0.05, 0.1) is 19.3 Å². The first-order valence-corrected chi connectivity index (χ1v) is 13.9. The van der Waals surface area contributed by atoms with E-state index in [4.69, 9.17) is 4.84 Å². The second-order valence-corrected chi connectivity index (χ2v) is 12.6. The number of hydrogen-bond acceptors (Lipinski definition) is 3. The predicted molar refractivity (Wildman–Crippen MR) is 135 cm³/mol. The van der Waals surface area contributed by atoms with Crippen LogP contribution in [0.2, 0.25) is 0 Å². The molecule has 1 aromatic carbocycles. The lowest BCUT2D eigenvalue weighted by molar-refractivity contribution is -0.186. The highest BCUT2D eigenvalue weighted by Crippen LogP contribution is 2.64. The van der Waals surface area contributed by atoms with Crippen molar-refractivity contribution in [1.29, 1.82) is 0 Å². The van der Waals surface area contributed by atoms with E-state index in [1.54, 1.807) is 12.2 Å². The van der Waals surface area contributed by atoms with Crippen molar-refractivity contribution >= 4 is 5.91 Å². The Bertz CT molecular complexity index is 897. The molecule has 0 aromatic heterocycles. The first kappa shape index (κ1) is 24.3. The third kappa shape index (κ3) is 4.23. The van der Waals surface area contributed by atoms with Gasteiger partial charge in [0.25, 0.3) is 0 Å². The molecule has 0 aliphatic heterocycles. The van der Waals surface area contributed by atoms with Gasteiger partial charge in [0.1, 0.15) is 0 Å². The highest BCUT2D eigenvalue weighted by Gasteiger charge is 2.59. The lowest BCUT2D eigenvalue weighted by Crippen LogP contribution is -2.52. The van der Waals surface area contributed by atoms with Crippen LogP contribution in [0.1, 0.15) is 82.8 Å². The minimum atomic E-state index is -0.454. The van der Waals surface area contributed by atoms with Crippen molar-refractivity contribution in [3.63, 3.8) is 0 Å². The average Bonchev–Trinajstić information content (AvgIpc) is 3.16. The summed E-state index contributed by atoms with van der Waals surface area (Å²) in [5.41, 5.74) is 2.21. The molecule has 1 amide bonds. The zero-order valence-electron chi connectivity index (χ0n) is 21.8. The Kier molecular flexibility index (Phi) is 6.61. The van der Waals surface area contributed by atoms with Crippen LogP contribution in [-0.4, -0.2) is 35.3 Å². The number of carbonyl (C=O) groups is 1. The molecule has 34 heavy (non-hydrogen) atoms. The van der Waals surface area contributed by atoms with E-state index in [9.17, 15) is 9.90 Å². The minimum Gasteiger partial charge on any atom is -0.390 e. The quantitative estimate of drug-likeness (QED) is 0.545. The fourth-order valence-electron chi connectivity index (χ4n) is 9.07. The van der Waals surface area contributed by atoms with Gasteiger partial charge in [-0.2, -0.15) is 0 Å². The number of nitrogens with zero attached hydrogens (tertiary/aromatic N) is 1. The van der Waals surface area contributed by atoms with E-state index in [0.717, 1.165) is 43.4 Å². The second-order valence-electron chi connectivity index (χ2n) is 12.6. The second kappa shape index (κ2) is 9.24. The number of benzene rings is 1. The van der Waals surface area contributed by atoms with Crippen molar-refractivity contribution in [3.05, 3.63) is 35.4 Å². The molecule has 5 rings (SSSR count). The summed E-state index contributed by atoms with van der Waals surface area (Å²) in [6, 6.07) is 8.43. The molecule has 8 atom stereocenters. The lowest BCUT2D eigenvalue weighted by Gasteiger charge is -2.56. The number of rotatable bonds is 5. The Morgan fingerprint density at radius 1 is 1.03 bits per heavy atom.